The highest BCUT2D eigenvalue weighted by Gasteiger charge is 2.06. The van der Waals surface area contributed by atoms with Crippen LogP contribution >= 0.6 is 0 Å². The van der Waals surface area contributed by atoms with Crippen LogP contribution in [0.4, 0.5) is 0 Å². The van der Waals surface area contributed by atoms with E-state index in [9.17, 15) is 4.79 Å². The van der Waals surface area contributed by atoms with Gasteiger partial charge in [-0.15, -0.1) is 0 Å². The van der Waals surface area contributed by atoms with E-state index in [0.717, 1.165) is 12.1 Å². The molecule has 1 rings (SSSR count). The SMILES string of the molecule is NCC1=CCCC(=O)N1. The van der Waals surface area contributed by atoms with Gasteiger partial charge in [0.15, 0.2) is 0 Å². The van der Waals surface area contributed by atoms with Gasteiger partial charge in [-0.1, -0.05) is 6.08 Å². The lowest BCUT2D eigenvalue weighted by atomic mass is 10.2. The van der Waals surface area contributed by atoms with Gasteiger partial charge in [0.25, 0.3) is 0 Å². The van der Waals surface area contributed by atoms with Crippen LogP contribution in [0.3, 0.4) is 0 Å². The number of hydrogen-bond acceptors (Lipinski definition) is 2. The highest BCUT2D eigenvalue weighted by atomic mass is 16.1. The number of amides is 1. The lowest BCUT2D eigenvalue weighted by Gasteiger charge is -2.11. The predicted octanol–water partition coefficient (Wildman–Crippen LogP) is -0.261. The molecule has 0 aliphatic carbocycles. The molecule has 3 heteroatoms. The van der Waals surface area contributed by atoms with Crippen molar-refractivity contribution in [3.8, 4) is 0 Å². The third kappa shape index (κ3) is 1.54. The fraction of sp³-hybridized carbons (Fsp3) is 0.500. The maximum absolute atomic E-state index is 10.6. The first-order valence-electron chi connectivity index (χ1n) is 3.02. The molecule has 0 saturated carbocycles. The predicted molar refractivity (Wildman–Crippen MR) is 34.5 cm³/mol. The van der Waals surface area contributed by atoms with Crippen LogP contribution < -0.4 is 11.1 Å². The lowest BCUT2D eigenvalue weighted by Crippen LogP contribution is -2.29. The Labute approximate surface area is 53.9 Å². The summed E-state index contributed by atoms with van der Waals surface area (Å²) in [5.41, 5.74) is 6.14. The van der Waals surface area contributed by atoms with Crippen molar-refractivity contribution in [2.45, 2.75) is 12.8 Å². The number of carbonyl (C=O) groups excluding carboxylic acids is 1. The zero-order chi connectivity index (χ0) is 6.69. The van der Waals surface area contributed by atoms with Crippen LogP contribution in [0.2, 0.25) is 0 Å². The van der Waals surface area contributed by atoms with Gasteiger partial charge in [0.1, 0.15) is 0 Å². The highest BCUT2D eigenvalue weighted by Crippen LogP contribution is 2.01. The van der Waals surface area contributed by atoms with Crippen molar-refractivity contribution in [2.75, 3.05) is 6.54 Å². The molecule has 0 aromatic rings. The van der Waals surface area contributed by atoms with E-state index in [-0.39, 0.29) is 5.91 Å². The molecular formula is C6H10N2O. The quantitative estimate of drug-likeness (QED) is 0.508. The summed E-state index contributed by atoms with van der Waals surface area (Å²) in [6.07, 6.45) is 3.39. The maximum atomic E-state index is 10.6. The van der Waals surface area contributed by atoms with Gasteiger partial charge in [-0.05, 0) is 6.42 Å². The second-order valence-corrected chi connectivity index (χ2v) is 2.02. The Kier molecular flexibility index (Phi) is 1.85. The summed E-state index contributed by atoms with van der Waals surface area (Å²) in [5.74, 6) is 0.0814. The normalized spacial score (nSPS) is 18.8. The molecule has 0 radical (unpaired) electrons. The minimum absolute atomic E-state index is 0.0814. The van der Waals surface area contributed by atoms with Gasteiger partial charge in [-0.2, -0.15) is 0 Å². The summed E-state index contributed by atoms with van der Waals surface area (Å²) in [6.45, 7) is 0.436. The Morgan fingerprint density at radius 1 is 1.78 bits per heavy atom. The molecule has 0 unspecified atom stereocenters. The average molecular weight is 126 g/mol. The molecule has 0 aromatic heterocycles. The monoisotopic (exact) mass is 126 g/mol. The maximum Gasteiger partial charge on any atom is 0.224 e. The first-order chi connectivity index (χ1) is 4.33. The summed E-state index contributed by atoms with van der Waals surface area (Å²) in [5, 5.41) is 2.66. The standard InChI is InChI=1S/C6H10N2O/c7-4-5-2-1-3-6(9)8-5/h2H,1,3-4,7H2,(H,8,9). The molecule has 1 amide bonds. The molecule has 0 fully saturated rings. The van der Waals surface area contributed by atoms with E-state index < -0.39 is 0 Å². The number of carbonyl (C=O) groups is 1. The third-order valence-corrected chi connectivity index (χ3v) is 1.28. The second-order valence-electron chi connectivity index (χ2n) is 2.02. The summed E-state index contributed by atoms with van der Waals surface area (Å²) in [6, 6.07) is 0. The molecule has 3 N–H and O–H groups in total. The van der Waals surface area contributed by atoms with Crippen LogP contribution in [0, 0.1) is 0 Å². The van der Waals surface area contributed by atoms with Crippen molar-refractivity contribution in [1.82, 2.24) is 5.32 Å². The van der Waals surface area contributed by atoms with Gasteiger partial charge < -0.3 is 11.1 Å². The third-order valence-electron chi connectivity index (χ3n) is 1.28. The smallest absolute Gasteiger partial charge is 0.224 e. The first-order valence-corrected chi connectivity index (χ1v) is 3.02. The molecule has 0 atom stereocenters. The van der Waals surface area contributed by atoms with Crippen molar-refractivity contribution in [3.63, 3.8) is 0 Å². The Hall–Kier alpha value is -0.830. The molecular weight excluding hydrogens is 116 g/mol. The Morgan fingerprint density at radius 3 is 3.00 bits per heavy atom. The Bertz CT molecular complexity index is 151. The molecule has 1 aliphatic rings. The summed E-state index contributed by atoms with van der Waals surface area (Å²) in [4.78, 5) is 10.6. The largest absolute Gasteiger partial charge is 0.329 e. The summed E-state index contributed by atoms with van der Waals surface area (Å²) < 4.78 is 0. The fourth-order valence-corrected chi connectivity index (χ4v) is 0.804. The molecule has 0 aromatic carbocycles. The van der Waals surface area contributed by atoms with Gasteiger partial charge in [0, 0.05) is 18.7 Å². The van der Waals surface area contributed by atoms with Crippen LogP contribution in [0.1, 0.15) is 12.8 Å². The zero-order valence-corrected chi connectivity index (χ0v) is 5.18. The molecule has 0 spiro atoms. The highest BCUT2D eigenvalue weighted by molar-refractivity contribution is 5.79. The van der Waals surface area contributed by atoms with Gasteiger partial charge >= 0.3 is 0 Å². The molecule has 3 nitrogen and oxygen atoms in total. The van der Waals surface area contributed by atoms with Crippen LogP contribution in [0.5, 0.6) is 0 Å². The Morgan fingerprint density at radius 2 is 2.56 bits per heavy atom. The molecule has 50 valence electrons. The van der Waals surface area contributed by atoms with E-state index in [1.165, 1.54) is 0 Å². The summed E-state index contributed by atoms with van der Waals surface area (Å²) in [7, 11) is 0. The van der Waals surface area contributed by atoms with Crippen molar-refractivity contribution in [1.29, 1.82) is 0 Å². The van der Waals surface area contributed by atoms with E-state index >= 15 is 0 Å². The first kappa shape index (κ1) is 6.29. The number of allylic oxidation sites excluding steroid dienone is 1. The van der Waals surface area contributed by atoms with E-state index in [1.54, 1.807) is 0 Å². The van der Waals surface area contributed by atoms with Gasteiger partial charge in [-0.25, -0.2) is 0 Å². The second kappa shape index (κ2) is 2.64. The van der Waals surface area contributed by atoms with E-state index in [0.29, 0.717) is 13.0 Å². The molecule has 1 aliphatic heterocycles. The van der Waals surface area contributed by atoms with Crippen molar-refractivity contribution < 1.29 is 4.79 Å². The minimum atomic E-state index is 0.0814. The fourth-order valence-electron chi connectivity index (χ4n) is 0.804. The average Bonchev–Trinajstić information content (AvgIpc) is 1.88. The van der Waals surface area contributed by atoms with Crippen molar-refractivity contribution >= 4 is 5.91 Å². The van der Waals surface area contributed by atoms with E-state index in [2.05, 4.69) is 5.32 Å². The Balaban J connectivity index is 2.53. The molecule has 0 saturated heterocycles. The minimum Gasteiger partial charge on any atom is -0.329 e. The van der Waals surface area contributed by atoms with Crippen LogP contribution in [-0.2, 0) is 4.79 Å². The number of nitrogens with two attached hydrogens (primary N) is 1. The molecule has 1 heterocycles. The molecule has 9 heavy (non-hydrogen) atoms. The van der Waals surface area contributed by atoms with Crippen LogP contribution in [-0.4, -0.2) is 12.5 Å². The van der Waals surface area contributed by atoms with Crippen molar-refractivity contribution in [2.24, 2.45) is 5.73 Å². The number of hydrogen-bond donors (Lipinski definition) is 2. The van der Waals surface area contributed by atoms with Crippen LogP contribution in [0.15, 0.2) is 11.8 Å². The van der Waals surface area contributed by atoms with Crippen LogP contribution in [0.25, 0.3) is 0 Å². The van der Waals surface area contributed by atoms with Gasteiger partial charge in [0.05, 0.1) is 0 Å². The van der Waals surface area contributed by atoms with Gasteiger partial charge in [0.2, 0.25) is 5.91 Å². The van der Waals surface area contributed by atoms with Crippen molar-refractivity contribution in [3.05, 3.63) is 11.8 Å². The number of rotatable bonds is 1. The van der Waals surface area contributed by atoms with E-state index in [4.69, 9.17) is 5.73 Å². The van der Waals surface area contributed by atoms with E-state index in [1.807, 2.05) is 6.08 Å². The zero-order valence-electron chi connectivity index (χ0n) is 5.18. The van der Waals surface area contributed by atoms with Gasteiger partial charge in [-0.3, -0.25) is 4.79 Å². The topological polar surface area (TPSA) is 55.1 Å². The molecule has 0 bridgehead atoms. The number of nitrogens with one attached hydrogen (secondary N) is 1. The summed E-state index contributed by atoms with van der Waals surface area (Å²) >= 11 is 0. The lowest BCUT2D eigenvalue weighted by molar-refractivity contribution is -0.120.